The molecule has 0 atom stereocenters. The monoisotopic (exact) mass is 347 g/mol. The number of nitrogens with one attached hydrogen (secondary N) is 1. The van der Waals surface area contributed by atoms with Crippen molar-refractivity contribution in [3.05, 3.63) is 57.8 Å². The lowest BCUT2D eigenvalue weighted by molar-refractivity contribution is 1.22. The number of hydrogen-bond donors (Lipinski definition) is 1. The van der Waals surface area contributed by atoms with E-state index in [9.17, 15) is 0 Å². The Labute approximate surface area is 130 Å². The van der Waals surface area contributed by atoms with Crippen LogP contribution in [0.15, 0.2) is 47.2 Å². The third kappa shape index (κ3) is 2.62. The second-order valence-corrected chi connectivity index (χ2v) is 5.76. The largest absolute Gasteiger partial charge is 0.340 e. The summed E-state index contributed by atoms with van der Waals surface area (Å²) in [4.78, 5) is 8.54. The minimum absolute atomic E-state index is 0.669. The molecule has 0 aliphatic heterocycles. The third-order valence-electron chi connectivity index (χ3n) is 3.02. The molecule has 0 fully saturated rings. The molecule has 3 nitrogen and oxygen atoms in total. The first-order chi connectivity index (χ1) is 9.63. The van der Waals surface area contributed by atoms with Gasteiger partial charge in [-0.05, 0) is 48.9 Å². The van der Waals surface area contributed by atoms with Crippen molar-refractivity contribution in [3.63, 3.8) is 0 Å². The zero-order valence-electron chi connectivity index (χ0n) is 10.7. The number of fused-ring (bicyclic) bond motifs is 1. The van der Waals surface area contributed by atoms with E-state index in [0.29, 0.717) is 5.02 Å². The van der Waals surface area contributed by atoms with E-state index in [0.717, 1.165) is 32.4 Å². The topological polar surface area (TPSA) is 37.8 Å². The molecule has 3 rings (SSSR count). The molecule has 0 amide bonds. The second kappa shape index (κ2) is 5.38. The Hall–Kier alpha value is -1.65. The van der Waals surface area contributed by atoms with Gasteiger partial charge in [-0.1, -0.05) is 27.5 Å². The Morgan fingerprint density at radius 2 is 1.95 bits per heavy atom. The molecule has 1 aromatic heterocycles. The summed E-state index contributed by atoms with van der Waals surface area (Å²) in [6.45, 7) is 2.05. The molecule has 5 heteroatoms. The highest BCUT2D eigenvalue weighted by atomic mass is 79.9. The van der Waals surface area contributed by atoms with Gasteiger partial charge in [0.2, 0.25) is 0 Å². The molecule has 20 heavy (non-hydrogen) atoms. The smallest absolute Gasteiger partial charge is 0.141 e. The van der Waals surface area contributed by atoms with Crippen molar-refractivity contribution in [2.75, 3.05) is 5.32 Å². The van der Waals surface area contributed by atoms with Crippen molar-refractivity contribution in [3.8, 4) is 0 Å². The fraction of sp³-hybridized carbons (Fsp3) is 0.0667. The minimum atomic E-state index is 0.669. The fourth-order valence-corrected chi connectivity index (χ4v) is 2.41. The van der Waals surface area contributed by atoms with Gasteiger partial charge in [0.15, 0.2) is 0 Å². The minimum Gasteiger partial charge on any atom is -0.340 e. The molecule has 1 N–H and O–H groups in total. The van der Waals surface area contributed by atoms with Gasteiger partial charge in [-0.3, -0.25) is 0 Å². The van der Waals surface area contributed by atoms with E-state index >= 15 is 0 Å². The molecule has 2 aromatic carbocycles. The zero-order valence-corrected chi connectivity index (χ0v) is 13.0. The van der Waals surface area contributed by atoms with Crippen LogP contribution in [0.1, 0.15) is 5.56 Å². The Bertz CT molecular complexity index is 789. The van der Waals surface area contributed by atoms with Crippen molar-refractivity contribution in [2.45, 2.75) is 6.92 Å². The predicted molar refractivity (Wildman–Crippen MR) is 86.7 cm³/mol. The van der Waals surface area contributed by atoms with E-state index in [1.807, 2.05) is 37.3 Å². The molecule has 0 radical (unpaired) electrons. The van der Waals surface area contributed by atoms with Crippen LogP contribution in [0.3, 0.4) is 0 Å². The lowest BCUT2D eigenvalue weighted by Gasteiger charge is -2.09. The summed E-state index contributed by atoms with van der Waals surface area (Å²) in [6.07, 6.45) is 1.55. The summed E-state index contributed by atoms with van der Waals surface area (Å²) < 4.78 is 1.08. The Balaban J connectivity index is 2.05. The number of aryl methyl sites for hydroxylation is 1. The highest BCUT2D eigenvalue weighted by Gasteiger charge is 2.05. The van der Waals surface area contributed by atoms with Crippen molar-refractivity contribution < 1.29 is 0 Å². The van der Waals surface area contributed by atoms with Crippen LogP contribution >= 0.6 is 27.5 Å². The average Bonchev–Trinajstić information content (AvgIpc) is 2.44. The molecule has 0 saturated heterocycles. The quantitative estimate of drug-likeness (QED) is 0.700. The number of nitrogens with zero attached hydrogens (tertiary/aromatic N) is 2. The van der Waals surface area contributed by atoms with Gasteiger partial charge in [-0.15, -0.1) is 0 Å². The number of anilines is 2. The highest BCUT2D eigenvalue weighted by Crippen LogP contribution is 2.27. The number of rotatable bonds is 2. The summed E-state index contributed by atoms with van der Waals surface area (Å²) in [7, 11) is 0. The number of aromatic nitrogens is 2. The maximum Gasteiger partial charge on any atom is 0.141 e. The molecule has 0 spiro atoms. The first kappa shape index (κ1) is 13.3. The van der Waals surface area contributed by atoms with E-state index in [1.165, 1.54) is 0 Å². The van der Waals surface area contributed by atoms with Gasteiger partial charge < -0.3 is 5.32 Å². The summed E-state index contributed by atoms with van der Waals surface area (Å²) in [6, 6.07) is 11.6. The number of hydrogen-bond acceptors (Lipinski definition) is 3. The van der Waals surface area contributed by atoms with Crippen LogP contribution in [-0.2, 0) is 0 Å². The SMILES string of the molecule is Cc1cc(Nc2ncnc3ccc(Cl)cc23)ccc1Br. The molecule has 100 valence electrons. The first-order valence-electron chi connectivity index (χ1n) is 6.07. The van der Waals surface area contributed by atoms with Gasteiger partial charge in [0.1, 0.15) is 12.1 Å². The van der Waals surface area contributed by atoms with Crippen LogP contribution in [0.2, 0.25) is 5.02 Å². The van der Waals surface area contributed by atoms with E-state index in [1.54, 1.807) is 6.33 Å². The Kier molecular flexibility index (Phi) is 3.59. The summed E-state index contributed by atoms with van der Waals surface area (Å²) in [5.74, 6) is 0.749. The molecule has 0 aliphatic carbocycles. The number of benzene rings is 2. The molecule has 0 saturated carbocycles. The van der Waals surface area contributed by atoms with Gasteiger partial charge in [0, 0.05) is 20.6 Å². The standard InChI is InChI=1S/C15H11BrClN3/c1-9-6-11(3-4-13(9)16)20-15-12-7-10(17)2-5-14(12)18-8-19-15/h2-8H,1H3,(H,18,19,20). The molecule has 0 bridgehead atoms. The van der Waals surface area contributed by atoms with Gasteiger partial charge in [0.25, 0.3) is 0 Å². The Morgan fingerprint density at radius 3 is 2.75 bits per heavy atom. The molecular formula is C15H11BrClN3. The highest BCUT2D eigenvalue weighted by molar-refractivity contribution is 9.10. The van der Waals surface area contributed by atoms with Gasteiger partial charge in [-0.25, -0.2) is 9.97 Å². The van der Waals surface area contributed by atoms with E-state index in [-0.39, 0.29) is 0 Å². The van der Waals surface area contributed by atoms with Gasteiger partial charge in [-0.2, -0.15) is 0 Å². The van der Waals surface area contributed by atoms with Gasteiger partial charge in [0.05, 0.1) is 5.52 Å². The summed E-state index contributed by atoms with van der Waals surface area (Å²) >= 11 is 9.54. The second-order valence-electron chi connectivity index (χ2n) is 4.47. The predicted octanol–water partition coefficient (Wildman–Crippen LogP) is 5.10. The fourth-order valence-electron chi connectivity index (χ4n) is 1.99. The van der Waals surface area contributed by atoms with Gasteiger partial charge >= 0.3 is 0 Å². The first-order valence-corrected chi connectivity index (χ1v) is 7.24. The lowest BCUT2D eigenvalue weighted by Crippen LogP contribution is -1.96. The summed E-state index contributed by atoms with van der Waals surface area (Å²) in [5, 5.41) is 4.88. The zero-order chi connectivity index (χ0) is 14.1. The van der Waals surface area contributed by atoms with Crippen LogP contribution in [0.25, 0.3) is 10.9 Å². The normalized spacial score (nSPS) is 10.8. The van der Waals surface area contributed by atoms with E-state index < -0.39 is 0 Å². The molecule has 0 aliphatic rings. The van der Waals surface area contributed by atoms with Crippen LogP contribution in [-0.4, -0.2) is 9.97 Å². The van der Waals surface area contributed by atoms with Crippen LogP contribution in [0, 0.1) is 6.92 Å². The van der Waals surface area contributed by atoms with Crippen molar-refractivity contribution >= 4 is 49.9 Å². The third-order valence-corrected chi connectivity index (χ3v) is 4.14. The maximum atomic E-state index is 6.05. The summed E-state index contributed by atoms with van der Waals surface area (Å²) in [5.41, 5.74) is 3.00. The van der Waals surface area contributed by atoms with Crippen LogP contribution < -0.4 is 5.32 Å². The molecule has 3 aromatic rings. The Morgan fingerprint density at radius 1 is 1.10 bits per heavy atom. The van der Waals surface area contributed by atoms with E-state index in [4.69, 9.17) is 11.6 Å². The van der Waals surface area contributed by atoms with Crippen LogP contribution in [0.4, 0.5) is 11.5 Å². The van der Waals surface area contributed by atoms with E-state index in [2.05, 4.69) is 37.3 Å². The van der Waals surface area contributed by atoms with Crippen LogP contribution in [0.5, 0.6) is 0 Å². The van der Waals surface area contributed by atoms with Crippen molar-refractivity contribution in [1.82, 2.24) is 9.97 Å². The van der Waals surface area contributed by atoms with Crippen molar-refractivity contribution in [2.24, 2.45) is 0 Å². The van der Waals surface area contributed by atoms with Crippen molar-refractivity contribution in [1.29, 1.82) is 0 Å². The lowest BCUT2D eigenvalue weighted by atomic mass is 10.2. The molecular weight excluding hydrogens is 338 g/mol. The number of halogens is 2. The maximum absolute atomic E-state index is 6.05. The molecule has 1 heterocycles. The average molecular weight is 349 g/mol. The molecule has 0 unspecified atom stereocenters.